The summed E-state index contributed by atoms with van der Waals surface area (Å²) in [6.45, 7) is 0.394. The first-order chi connectivity index (χ1) is 7.66. The van der Waals surface area contributed by atoms with Crippen LogP contribution in [-0.2, 0) is 13.6 Å². The third-order valence-corrected chi connectivity index (χ3v) is 2.11. The van der Waals surface area contributed by atoms with Crippen LogP contribution in [0.15, 0.2) is 29.2 Å². The number of amides is 1. The van der Waals surface area contributed by atoms with E-state index >= 15 is 0 Å². The fourth-order valence-electron chi connectivity index (χ4n) is 1.34. The van der Waals surface area contributed by atoms with E-state index in [9.17, 15) is 4.79 Å². The van der Waals surface area contributed by atoms with E-state index in [2.05, 4.69) is 10.4 Å². The fraction of sp³-hybridized carbons (Fsp3) is 0.200. The molecule has 84 valence electrons. The van der Waals surface area contributed by atoms with Crippen molar-refractivity contribution in [1.29, 1.82) is 0 Å². The number of nitrogens with one attached hydrogen (secondary N) is 1. The molecule has 3 N–H and O–H groups in total. The number of nitrogens with two attached hydrogens (primary N) is 1. The van der Waals surface area contributed by atoms with E-state index in [1.54, 1.807) is 31.8 Å². The number of aryl methyl sites for hydroxylation is 1. The molecule has 2 aromatic rings. The number of hydrogen-bond donors (Lipinski definition) is 2. The highest BCUT2D eigenvalue weighted by Crippen LogP contribution is 2.08. The van der Waals surface area contributed by atoms with Crippen molar-refractivity contribution in [3.05, 3.63) is 36.0 Å². The van der Waals surface area contributed by atoms with E-state index in [0.717, 1.165) is 5.56 Å². The molecule has 2 heterocycles. The number of hydrogen-bond acceptors (Lipinski definition) is 4. The number of rotatable bonds is 3. The van der Waals surface area contributed by atoms with Crippen LogP contribution in [0, 0.1) is 0 Å². The van der Waals surface area contributed by atoms with Gasteiger partial charge in [0.05, 0.1) is 18.2 Å². The van der Waals surface area contributed by atoms with Crippen molar-refractivity contribution in [2.24, 2.45) is 7.05 Å². The van der Waals surface area contributed by atoms with E-state index in [1.807, 2.05) is 0 Å². The van der Waals surface area contributed by atoms with E-state index in [1.165, 1.54) is 4.68 Å². The van der Waals surface area contributed by atoms with Crippen LogP contribution >= 0.6 is 0 Å². The largest absolute Gasteiger partial charge is 0.472 e. The predicted molar refractivity (Wildman–Crippen MR) is 57.5 cm³/mol. The molecule has 0 atom stereocenters. The zero-order chi connectivity index (χ0) is 11.5. The first-order valence-corrected chi connectivity index (χ1v) is 4.75. The standard InChI is InChI=1S/C10H12N4O2/c1-14-5-8(11)9(13-14)10(15)12-4-7-2-3-16-6-7/h2-3,5-6H,4,11H2,1H3,(H,12,15). The molecule has 2 rings (SSSR count). The van der Waals surface area contributed by atoms with Crippen LogP contribution in [0.3, 0.4) is 0 Å². The van der Waals surface area contributed by atoms with Gasteiger partial charge in [0.25, 0.3) is 5.91 Å². The lowest BCUT2D eigenvalue weighted by molar-refractivity contribution is 0.0946. The molecule has 0 aliphatic carbocycles. The van der Waals surface area contributed by atoms with Gasteiger partial charge in [-0.1, -0.05) is 0 Å². The van der Waals surface area contributed by atoms with Crippen molar-refractivity contribution in [3.8, 4) is 0 Å². The smallest absolute Gasteiger partial charge is 0.274 e. The topological polar surface area (TPSA) is 86.1 Å². The molecule has 0 radical (unpaired) electrons. The molecule has 0 aliphatic heterocycles. The molecule has 0 unspecified atom stereocenters. The average molecular weight is 220 g/mol. The molecule has 0 saturated carbocycles. The molecule has 6 nitrogen and oxygen atoms in total. The second-order valence-electron chi connectivity index (χ2n) is 3.42. The molecular weight excluding hydrogens is 208 g/mol. The Morgan fingerprint density at radius 2 is 2.50 bits per heavy atom. The highest BCUT2D eigenvalue weighted by atomic mass is 16.3. The number of aromatic nitrogens is 2. The van der Waals surface area contributed by atoms with Crippen LogP contribution < -0.4 is 11.1 Å². The summed E-state index contributed by atoms with van der Waals surface area (Å²) in [5.74, 6) is -0.292. The molecule has 0 aromatic carbocycles. The van der Waals surface area contributed by atoms with Crippen molar-refractivity contribution in [2.45, 2.75) is 6.54 Å². The number of carbonyl (C=O) groups is 1. The number of furan rings is 1. The third-order valence-electron chi connectivity index (χ3n) is 2.11. The number of anilines is 1. The molecular formula is C10H12N4O2. The summed E-state index contributed by atoms with van der Waals surface area (Å²) < 4.78 is 6.39. The van der Waals surface area contributed by atoms with Crippen molar-refractivity contribution in [2.75, 3.05) is 5.73 Å². The Morgan fingerprint density at radius 3 is 3.06 bits per heavy atom. The summed E-state index contributed by atoms with van der Waals surface area (Å²) in [4.78, 5) is 11.7. The van der Waals surface area contributed by atoms with Crippen molar-refractivity contribution >= 4 is 11.6 Å². The summed E-state index contributed by atoms with van der Waals surface area (Å²) in [6, 6.07) is 1.78. The van der Waals surface area contributed by atoms with E-state index in [4.69, 9.17) is 10.2 Å². The summed E-state index contributed by atoms with van der Waals surface area (Å²) in [5.41, 5.74) is 7.13. The average Bonchev–Trinajstić information content (AvgIpc) is 2.84. The summed E-state index contributed by atoms with van der Waals surface area (Å²) in [6.07, 6.45) is 4.71. The SMILES string of the molecule is Cn1cc(N)c(C(=O)NCc2ccoc2)n1. The molecule has 0 bridgehead atoms. The summed E-state index contributed by atoms with van der Waals surface area (Å²) >= 11 is 0. The zero-order valence-corrected chi connectivity index (χ0v) is 8.80. The second kappa shape index (κ2) is 4.09. The van der Waals surface area contributed by atoms with E-state index in [-0.39, 0.29) is 11.6 Å². The third kappa shape index (κ3) is 2.05. The highest BCUT2D eigenvalue weighted by Gasteiger charge is 2.13. The van der Waals surface area contributed by atoms with Gasteiger partial charge in [-0.3, -0.25) is 9.48 Å². The van der Waals surface area contributed by atoms with Crippen LogP contribution in [0.1, 0.15) is 16.1 Å². The van der Waals surface area contributed by atoms with Gasteiger partial charge in [-0.15, -0.1) is 0 Å². The minimum Gasteiger partial charge on any atom is -0.472 e. The van der Waals surface area contributed by atoms with Crippen LogP contribution in [0.4, 0.5) is 5.69 Å². The van der Waals surface area contributed by atoms with Gasteiger partial charge in [0.1, 0.15) is 0 Å². The van der Waals surface area contributed by atoms with Gasteiger partial charge in [-0.05, 0) is 6.07 Å². The summed E-state index contributed by atoms with van der Waals surface area (Å²) in [5, 5.41) is 6.67. The first kappa shape index (κ1) is 10.3. The van der Waals surface area contributed by atoms with Crippen molar-refractivity contribution in [1.82, 2.24) is 15.1 Å². The predicted octanol–water partition coefficient (Wildman–Crippen LogP) is 0.525. The van der Waals surface area contributed by atoms with Gasteiger partial charge >= 0.3 is 0 Å². The molecule has 1 amide bonds. The molecule has 0 aliphatic rings. The van der Waals surface area contributed by atoms with Crippen LogP contribution in [0.25, 0.3) is 0 Å². The van der Waals surface area contributed by atoms with E-state index < -0.39 is 0 Å². The van der Waals surface area contributed by atoms with Gasteiger partial charge in [-0.2, -0.15) is 5.10 Å². The molecule has 0 spiro atoms. The van der Waals surface area contributed by atoms with E-state index in [0.29, 0.717) is 12.2 Å². The number of nitrogens with zero attached hydrogens (tertiary/aromatic N) is 2. The Labute approximate surface area is 92.0 Å². The van der Waals surface area contributed by atoms with Gasteiger partial charge in [0.15, 0.2) is 5.69 Å². The highest BCUT2D eigenvalue weighted by molar-refractivity contribution is 5.96. The quantitative estimate of drug-likeness (QED) is 0.789. The van der Waals surface area contributed by atoms with Crippen LogP contribution in [0.5, 0.6) is 0 Å². The first-order valence-electron chi connectivity index (χ1n) is 4.75. The Bertz CT molecular complexity index is 487. The monoisotopic (exact) mass is 220 g/mol. The molecule has 2 aromatic heterocycles. The lowest BCUT2D eigenvalue weighted by atomic mass is 10.3. The maximum absolute atomic E-state index is 11.7. The van der Waals surface area contributed by atoms with Crippen molar-refractivity contribution in [3.63, 3.8) is 0 Å². The minimum atomic E-state index is -0.292. The van der Waals surface area contributed by atoms with Crippen LogP contribution in [0.2, 0.25) is 0 Å². The maximum Gasteiger partial charge on any atom is 0.274 e. The minimum absolute atomic E-state index is 0.242. The van der Waals surface area contributed by atoms with Crippen LogP contribution in [-0.4, -0.2) is 15.7 Å². The fourth-order valence-corrected chi connectivity index (χ4v) is 1.34. The zero-order valence-electron chi connectivity index (χ0n) is 8.80. The number of carbonyl (C=O) groups excluding carboxylic acids is 1. The lowest BCUT2D eigenvalue weighted by Gasteiger charge is -2.00. The summed E-state index contributed by atoms with van der Waals surface area (Å²) in [7, 11) is 1.71. The van der Waals surface area contributed by atoms with Gasteiger partial charge in [0.2, 0.25) is 0 Å². The second-order valence-corrected chi connectivity index (χ2v) is 3.42. The Morgan fingerprint density at radius 1 is 1.69 bits per heavy atom. The lowest BCUT2D eigenvalue weighted by Crippen LogP contribution is -2.24. The van der Waals surface area contributed by atoms with Crippen molar-refractivity contribution < 1.29 is 9.21 Å². The molecule has 16 heavy (non-hydrogen) atoms. The maximum atomic E-state index is 11.7. The Kier molecular flexibility index (Phi) is 2.63. The Balaban J connectivity index is 2.01. The Hall–Kier alpha value is -2.24. The van der Waals surface area contributed by atoms with Gasteiger partial charge < -0.3 is 15.5 Å². The molecule has 6 heteroatoms. The normalized spacial score (nSPS) is 10.3. The molecule has 0 saturated heterocycles. The van der Waals surface area contributed by atoms with Gasteiger partial charge in [0, 0.05) is 25.4 Å². The molecule has 0 fully saturated rings. The van der Waals surface area contributed by atoms with Gasteiger partial charge in [-0.25, -0.2) is 0 Å². The number of nitrogen functional groups attached to an aromatic ring is 1.